The third-order valence-corrected chi connectivity index (χ3v) is 8.04. The second-order valence-corrected chi connectivity index (χ2v) is 11.1. The second kappa shape index (κ2) is 11.2. The van der Waals surface area contributed by atoms with E-state index in [1.807, 2.05) is 31.2 Å². The molecule has 0 N–H and O–H groups in total. The molecule has 0 aliphatic carbocycles. The summed E-state index contributed by atoms with van der Waals surface area (Å²) in [6.45, 7) is 1.90. The number of aryl methyl sites for hydroxylation is 1. The van der Waals surface area contributed by atoms with Crippen molar-refractivity contribution in [2.24, 2.45) is 0 Å². The van der Waals surface area contributed by atoms with Crippen LogP contribution in [0.5, 0.6) is 0 Å². The van der Waals surface area contributed by atoms with Gasteiger partial charge in [0.15, 0.2) is 0 Å². The third-order valence-electron chi connectivity index (χ3n) is 3.99. The number of benzene rings is 3. The fraction of sp³-hybridized carbons (Fsp3) is 0.0526. The van der Waals surface area contributed by atoms with Crippen LogP contribution in [0.15, 0.2) is 82.6 Å². The summed E-state index contributed by atoms with van der Waals surface area (Å²) in [5.41, 5.74) is 0.963. The Bertz CT molecular complexity index is 1170. The fourth-order valence-electron chi connectivity index (χ4n) is 2.77. The Morgan fingerprint density at radius 1 is 0.633 bits per heavy atom. The zero-order valence-corrected chi connectivity index (χ0v) is 23.2. The Hall–Kier alpha value is -0.0900. The van der Waals surface area contributed by atoms with Gasteiger partial charge in [-0.05, 0) is 55.0 Å². The first-order valence-corrected chi connectivity index (χ1v) is 12.2. The fourth-order valence-corrected chi connectivity index (χ4v) is 6.45. The maximum Gasteiger partial charge on any atom is 1.00 e. The van der Waals surface area contributed by atoms with Gasteiger partial charge in [0.25, 0.3) is 0 Å². The Morgan fingerprint density at radius 3 is 1.37 bits per heavy atom. The molecule has 0 spiro atoms. The van der Waals surface area contributed by atoms with Crippen molar-refractivity contribution in [2.75, 3.05) is 0 Å². The largest absolute Gasteiger partial charge is 1.00 e. The average Bonchev–Trinajstić information content (AvgIpc) is 2.61. The molecule has 0 aliphatic rings. The summed E-state index contributed by atoms with van der Waals surface area (Å²) in [7, 11) is -10.7. The molecule has 0 radical (unpaired) electrons. The van der Waals surface area contributed by atoms with Crippen molar-refractivity contribution >= 4 is 44.1 Å². The van der Waals surface area contributed by atoms with Crippen molar-refractivity contribution in [3.05, 3.63) is 78.4 Å². The molecule has 0 saturated carbocycles. The molecule has 11 heteroatoms. The van der Waals surface area contributed by atoms with Gasteiger partial charge in [0.05, 0.1) is 9.79 Å². The molecule has 3 rings (SSSR count). The van der Waals surface area contributed by atoms with Crippen molar-refractivity contribution < 1.29 is 85.1 Å². The number of hydrogen-bond acceptors (Lipinski definition) is 6. The van der Waals surface area contributed by atoms with Gasteiger partial charge in [-0.25, -0.2) is 16.8 Å². The standard InChI is InChI=1S/C19H17O6PS2.2Na/c1-14-5-2-6-15(11-14)26(16-7-3-9-18(12-16)27(20,21)22)17-8-4-10-19(13-17)28(23,24)25;;/h2-13H,1H3,(H,20,21,22)(H,23,24,25);;/q;2*+1/p-2. The maximum absolute atomic E-state index is 11.5. The van der Waals surface area contributed by atoms with Gasteiger partial charge in [-0.3, -0.25) is 0 Å². The first-order chi connectivity index (χ1) is 13.1. The van der Waals surface area contributed by atoms with Crippen LogP contribution in [0.4, 0.5) is 0 Å². The molecule has 6 nitrogen and oxygen atoms in total. The quantitative estimate of drug-likeness (QED) is 0.207. The van der Waals surface area contributed by atoms with E-state index >= 15 is 0 Å². The minimum absolute atomic E-state index is 0. The summed E-state index contributed by atoms with van der Waals surface area (Å²) in [6, 6.07) is 18.8. The summed E-state index contributed by atoms with van der Waals surface area (Å²) in [6.07, 6.45) is 0. The van der Waals surface area contributed by atoms with E-state index in [1.165, 1.54) is 36.4 Å². The monoisotopic (exact) mass is 480 g/mol. The van der Waals surface area contributed by atoms with Crippen LogP contribution in [0.1, 0.15) is 5.56 Å². The van der Waals surface area contributed by atoms with Crippen LogP contribution in [0.2, 0.25) is 0 Å². The SMILES string of the molecule is Cc1cccc(P(c2cccc(S(=O)(=O)[O-])c2)c2cccc(S(=O)(=O)[O-])c2)c1.[Na+].[Na+]. The molecule has 0 atom stereocenters. The number of hydrogen-bond donors (Lipinski definition) is 0. The van der Waals surface area contributed by atoms with Crippen molar-refractivity contribution in [2.45, 2.75) is 16.7 Å². The predicted octanol–water partition coefficient (Wildman–Crippen LogP) is -4.43. The van der Waals surface area contributed by atoms with Crippen LogP contribution in [0.3, 0.4) is 0 Å². The summed E-state index contributed by atoms with van der Waals surface area (Å²) in [5.74, 6) is 0. The maximum atomic E-state index is 11.5. The van der Waals surface area contributed by atoms with E-state index < -0.39 is 28.2 Å². The van der Waals surface area contributed by atoms with Crippen LogP contribution in [-0.4, -0.2) is 25.9 Å². The predicted molar refractivity (Wildman–Crippen MR) is 106 cm³/mol. The average molecular weight is 480 g/mol. The van der Waals surface area contributed by atoms with Crippen LogP contribution in [0.25, 0.3) is 0 Å². The molecule has 0 aliphatic heterocycles. The van der Waals surface area contributed by atoms with Gasteiger partial charge in [0.2, 0.25) is 0 Å². The zero-order valence-electron chi connectivity index (χ0n) is 16.6. The molecule has 0 fully saturated rings. The summed E-state index contributed by atoms with van der Waals surface area (Å²) in [4.78, 5) is -0.726. The first kappa shape index (κ1) is 27.9. The minimum Gasteiger partial charge on any atom is -0.744 e. The molecule has 0 heterocycles. The number of rotatable bonds is 5. The molecule has 3 aromatic carbocycles. The van der Waals surface area contributed by atoms with Crippen molar-refractivity contribution in [3.63, 3.8) is 0 Å². The van der Waals surface area contributed by atoms with Gasteiger partial charge in [-0.2, -0.15) is 0 Å². The van der Waals surface area contributed by atoms with Gasteiger partial charge in [-0.15, -0.1) is 0 Å². The molecule has 0 bridgehead atoms. The van der Waals surface area contributed by atoms with E-state index in [-0.39, 0.29) is 68.9 Å². The summed E-state index contributed by atoms with van der Waals surface area (Å²) >= 11 is 0. The Morgan fingerprint density at radius 2 is 1.00 bits per heavy atom. The molecule has 0 amide bonds. The smallest absolute Gasteiger partial charge is 0.744 e. The Labute approximate surface area is 221 Å². The van der Waals surface area contributed by atoms with Crippen molar-refractivity contribution in [1.29, 1.82) is 0 Å². The Balaban J connectivity index is 0.00000225. The van der Waals surface area contributed by atoms with E-state index in [4.69, 9.17) is 0 Å². The summed E-state index contributed by atoms with van der Waals surface area (Å²) < 4.78 is 68.7. The van der Waals surface area contributed by atoms with Crippen LogP contribution in [-0.2, 0) is 20.2 Å². The van der Waals surface area contributed by atoms with Crippen LogP contribution >= 0.6 is 7.92 Å². The van der Waals surface area contributed by atoms with Gasteiger partial charge in [0.1, 0.15) is 20.2 Å². The van der Waals surface area contributed by atoms with Crippen molar-refractivity contribution in [3.8, 4) is 0 Å². The molecule has 0 unspecified atom stereocenters. The van der Waals surface area contributed by atoms with Gasteiger partial charge in [0, 0.05) is 0 Å². The molecule has 0 saturated heterocycles. The Kier molecular flexibility index (Phi) is 10.4. The van der Waals surface area contributed by atoms with Gasteiger partial charge < -0.3 is 9.11 Å². The van der Waals surface area contributed by atoms with Crippen LogP contribution in [0, 0.1) is 6.92 Å². The third kappa shape index (κ3) is 6.95. The van der Waals surface area contributed by atoms with Gasteiger partial charge >= 0.3 is 59.1 Å². The van der Waals surface area contributed by atoms with Gasteiger partial charge in [-0.1, -0.05) is 54.1 Å². The molecule has 146 valence electrons. The molecule has 0 aromatic heterocycles. The van der Waals surface area contributed by atoms with E-state index in [2.05, 4.69) is 0 Å². The van der Waals surface area contributed by atoms with Crippen molar-refractivity contribution in [1.82, 2.24) is 0 Å². The van der Waals surface area contributed by atoms with E-state index in [9.17, 15) is 25.9 Å². The molecule has 30 heavy (non-hydrogen) atoms. The normalized spacial score (nSPS) is 11.5. The summed E-state index contributed by atoms with van der Waals surface area (Å²) in [5, 5.41) is 1.94. The second-order valence-electron chi connectivity index (χ2n) is 6.08. The van der Waals surface area contributed by atoms with E-state index in [1.54, 1.807) is 12.1 Å². The molecule has 3 aromatic rings. The molecular weight excluding hydrogens is 465 g/mol. The zero-order chi connectivity index (χ0) is 20.5. The van der Waals surface area contributed by atoms with E-state index in [0.717, 1.165) is 10.9 Å². The topological polar surface area (TPSA) is 114 Å². The van der Waals surface area contributed by atoms with Crippen LogP contribution < -0.4 is 75.0 Å². The molecular formula is C19H15Na2O6PS2. The van der Waals surface area contributed by atoms with E-state index in [0.29, 0.717) is 10.6 Å². The first-order valence-electron chi connectivity index (χ1n) is 8.04. The minimum atomic E-state index is -4.65.